The van der Waals surface area contributed by atoms with E-state index in [2.05, 4.69) is 51.3 Å². The number of alkyl halides is 1. The molecule has 0 amide bonds. The minimum absolute atomic E-state index is 0.161. The van der Waals surface area contributed by atoms with Crippen LogP contribution in [0.15, 0.2) is 36.7 Å². The summed E-state index contributed by atoms with van der Waals surface area (Å²) in [6.45, 7) is 4.87. The number of halogens is 1. The molecule has 0 radical (unpaired) electrons. The molecule has 3 saturated carbocycles. The molecule has 5 aliphatic rings. The molecular weight excluding hydrogens is 439 g/mol. The Morgan fingerprint density at radius 2 is 1.97 bits per heavy atom. The van der Waals surface area contributed by atoms with Gasteiger partial charge in [-0.1, -0.05) is 18.2 Å². The molecule has 1 saturated heterocycles. The summed E-state index contributed by atoms with van der Waals surface area (Å²) in [5.41, 5.74) is 5.53. The lowest BCUT2D eigenvalue weighted by atomic mass is 9.72. The fourth-order valence-electron chi connectivity index (χ4n) is 7.63. The van der Waals surface area contributed by atoms with Crippen LogP contribution in [-0.2, 0) is 6.42 Å². The van der Waals surface area contributed by atoms with Crippen molar-refractivity contribution in [3.05, 3.63) is 53.5 Å². The van der Waals surface area contributed by atoms with E-state index in [4.69, 9.17) is 9.97 Å². The summed E-state index contributed by atoms with van der Waals surface area (Å²) in [5, 5.41) is 4.82. The Hall–Kier alpha value is -2.51. The number of hydrogen-bond donors (Lipinski definition) is 2. The first-order chi connectivity index (χ1) is 17.1. The minimum Gasteiger partial charge on any atom is -0.357 e. The molecule has 35 heavy (non-hydrogen) atoms. The monoisotopic (exact) mass is 474 g/mol. The maximum absolute atomic E-state index is 12.4. The van der Waals surface area contributed by atoms with Crippen LogP contribution in [0.2, 0.25) is 0 Å². The third kappa shape index (κ3) is 3.50. The van der Waals surface area contributed by atoms with Gasteiger partial charge in [0.05, 0.1) is 18.8 Å². The highest BCUT2D eigenvalue weighted by molar-refractivity contribution is 5.85. The SMILES string of the molecule is C[C@@H]1Cc2c([nH]c3ccccc23)[C@@H](c2cnc(NC3CN(CCCF)C3)nc2)N1C12CCC(C1)C2. The molecule has 3 aliphatic carbocycles. The van der Waals surface area contributed by atoms with Gasteiger partial charge in [-0.2, -0.15) is 0 Å². The van der Waals surface area contributed by atoms with E-state index >= 15 is 0 Å². The zero-order valence-electron chi connectivity index (χ0n) is 20.5. The van der Waals surface area contributed by atoms with Crippen LogP contribution in [0.1, 0.15) is 61.9 Å². The van der Waals surface area contributed by atoms with Crippen molar-refractivity contribution in [1.29, 1.82) is 0 Å². The van der Waals surface area contributed by atoms with E-state index in [1.165, 1.54) is 53.4 Å². The Bertz CT molecular complexity index is 1200. The highest BCUT2D eigenvalue weighted by Crippen LogP contribution is 2.60. The summed E-state index contributed by atoms with van der Waals surface area (Å²) >= 11 is 0. The Balaban J connectivity index is 1.19. The number of rotatable bonds is 7. The highest BCUT2D eigenvalue weighted by Gasteiger charge is 2.58. The van der Waals surface area contributed by atoms with Crippen molar-refractivity contribution in [2.75, 3.05) is 31.6 Å². The van der Waals surface area contributed by atoms with Gasteiger partial charge in [0, 0.05) is 65.8 Å². The number of hydrogen-bond acceptors (Lipinski definition) is 5. The molecule has 0 spiro atoms. The van der Waals surface area contributed by atoms with Crippen molar-refractivity contribution in [1.82, 2.24) is 24.8 Å². The van der Waals surface area contributed by atoms with E-state index in [-0.39, 0.29) is 12.7 Å². The third-order valence-electron chi connectivity index (χ3n) is 9.16. The molecule has 4 fully saturated rings. The first-order valence-corrected chi connectivity index (χ1v) is 13.4. The molecule has 1 aromatic carbocycles. The van der Waals surface area contributed by atoms with E-state index < -0.39 is 0 Å². The van der Waals surface area contributed by atoms with Crippen molar-refractivity contribution in [2.24, 2.45) is 5.92 Å². The fourth-order valence-corrected chi connectivity index (χ4v) is 7.63. The maximum Gasteiger partial charge on any atom is 0.222 e. The molecule has 2 N–H and O–H groups in total. The summed E-state index contributed by atoms with van der Waals surface area (Å²) in [7, 11) is 0. The van der Waals surface area contributed by atoms with Crippen LogP contribution in [0.3, 0.4) is 0 Å². The van der Waals surface area contributed by atoms with Crippen LogP contribution in [0, 0.1) is 5.92 Å². The smallest absolute Gasteiger partial charge is 0.222 e. The van der Waals surface area contributed by atoms with E-state index in [0.717, 1.165) is 32.0 Å². The molecule has 2 atom stereocenters. The minimum atomic E-state index is -0.240. The quantitative estimate of drug-likeness (QED) is 0.520. The Labute approximate surface area is 206 Å². The average molecular weight is 475 g/mol. The van der Waals surface area contributed by atoms with E-state index in [0.29, 0.717) is 30.0 Å². The Kier molecular flexibility index (Phi) is 5.14. The first-order valence-electron chi connectivity index (χ1n) is 13.4. The number of fused-ring (bicyclic) bond motifs is 4. The van der Waals surface area contributed by atoms with Gasteiger partial charge in [0.15, 0.2) is 0 Å². The van der Waals surface area contributed by atoms with Gasteiger partial charge in [0.2, 0.25) is 5.95 Å². The van der Waals surface area contributed by atoms with Crippen molar-refractivity contribution < 1.29 is 4.39 Å². The first kappa shape index (κ1) is 21.7. The van der Waals surface area contributed by atoms with Crippen LogP contribution in [0.5, 0.6) is 0 Å². The van der Waals surface area contributed by atoms with Gasteiger partial charge in [-0.25, -0.2) is 9.97 Å². The zero-order chi connectivity index (χ0) is 23.6. The summed E-state index contributed by atoms with van der Waals surface area (Å²) in [6, 6.07) is 9.72. The molecule has 184 valence electrons. The summed E-state index contributed by atoms with van der Waals surface area (Å²) < 4.78 is 12.4. The van der Waals surface area contributed by atoms with Crippen LogP contribution in [-0.4, -0.2) is 68.7 Å². The molecule has 4 heterocycles. The van der Waals surface area contributed by atoms with Gasteiger partial charge in [-0.3, -0.25) is 14.2 Å². The van der Waals surface area contributed by atoms with Gasteiger partial charge >= 0.3 is 0 Å². The molecule has 7 heteroatoms. The molecule has 6 nitrogen and oxygen atoms in total. The Morgan fingerprint density at radius 3 is 2.71 bits per heavy atom. The van der Waals surface area contributed by atoms with Crippen LogP contribution >= 0.6 is 0 Å². The molecule has 8 rings (SSSR count). The average Bonchev–Trinajstić information content (AvgIpc) is 3.53. The van der Waals surface area contributed by atoms with Crippen molar-refractivity contribution in [2.45, 2.75) is 69.1 Å². The predicted octanol–water partition coefficient (Wildman–Crippen LogP) is 4.69. The highest BCUT2D eigenvalue weighted by atomic mass is 19.1. The number of anilines is 1. The topological polar surface area (TPSA) is 60.1 Å². The van der Waals surface area contributed by atoms with Gasteiger partial charge in [-0.05, 0) is 63.0 Å². The van der Waals surface area contributed by atoms with Crippen molar-refractivity contribution >= 4 is 16.9 Å². The maximum atomic E-state index is 12.4. The largest absolute Gasteiger partial charge is 0.357 e. The standard InChI is InChI=1S/C28H35FN6/c1-18-11-23-22-5-2-3-6-24(22)33-25(23)26(35(18)28-8-7-19(12-28)13-28)20-14-30-27(31-15-20)32-21-16-34(17-21)10-4-9-29/h2-3,5-6,14-15,18-19,21,26,33H,4,7-13,16-17H2,1H3,(H,30,31,32)/t18-,19?,26-,28?/m1/s1. The van der Waals surface area contributed by atoms with E-state index in [9.17, 15) is 4.39 Å². The van der Waals surface area contributed by atoms with Crippen LogP contribution in [0.25, 0.3) is 10.9 Å². The van der Waals surface area contributed by atoms with Gasteiger partial charge in [0.25, 0.3) is 0 Å². The van der Waals surface area contributed by atoms with Gasteiger partial charge in [-0.15, -0.1) is 0 Å². The van der Waals surface area contributed by atoms with Crippen LogP contribution in [0.4, 0.5) is 10.3 Å². The number of para-hydroxylation sites is 1. The normalized spacial score (nSPS) is 30.7. The van der Waals surface area contributed by atoms with Crippen LogP contribution < -0.4 is 5.32 Å². The summed E-state index contributed by atoms with van der Waals surface area (Å²) in [6.07, 6.45) is 11.2. The van der Waals surface area contributed by atoms with Gasteiger partial charge in [0.1, 0.15) is 0 Å². The molecular formula is C28H35FN6. The number of nitrogens with zero attached hydrogens (tertiary/aromatic N) is 4. The number of nitrogens with one attached hydrogen (secondary N) is 2. The summed E-state index contributed by atoms with van der Waals surface area (Å²) in [5.74, 6) is 1.61. The second kappa shape index (κ2) is 8.27. The van der Waals surface area contributed by atoms with Crippen molar-refractivity contribution in [3.8, 4) is 0 Å². The zero-order valence-corrected chi connectivity index (χ0v) is 20.5. The number of benzene rings is 1. The predicted molar refractivity (Wildman–Crippen MR) is 136 cm³/mol. The summed E-state index contributed by atoms with van der Waals surface area (Å²) in [4.78, 5) is 18.5. The molecule has 3 aromatic rings. The fraction of sp³-hybridized carbons (Fsp3) is 0.571. The molecule has 2 aliphatic heterocycles. The molecule has 2 bridgehead atoms. The Morgan fingerprint density at radius 1 is 1.17 bits per heavy atom. The third-order valence-corrected chi connectivity index (χ3v) is 9.16. The number of H-pyrrole nitrogens is 1. The molecule has 2 aromatic heterocycles. The number of aromatic amines is 1. The van der Waals surface area contributed by atoms with E-state index in [1.807, 2.05) is 12.4 Å². The lowest BCUT2D eigenvalue weighted by Gasteiger charge is -2.55. The second-order valence-electron chi connectivity index (χ2n) is 11.4. The lowest BCUT2D eigenvalue weighted by molar-refractivity contribution is -0.0340. The van der Waals surface area contributed by atoms with Crippen molar-refractivity contribution in [3.63, 3.8) is 0 Å². The number of likely N-dealkylation sites (tertiary alicyclic amines) is 1. The molecule has 0 unspecified atom stereocenters. The van der Waals surface area contributed by atoms with E-state index in [1.54, 1.807) is 0 Å². The van der Waals surface area contributed by atoms with Gasteiger partial charge < -0.3 is 10.3 Å². The number of aromatic nitrogens is 3. The lowest BCUT2D eigenvalue weighted by Crippen LogP contribution is -2.59. The second-order valence-corrected chi connectivity index (χ2v) is 11.4.